The van der Waals surface area contributed by atoms with Gasteiger partial charge in [-0.3, -0.25) is 34.6 Å². The number of aromatic carboxylic acids is 1. The lowest BCUT2D eigenvalue weighted by atomic mass is 9.93. The van der Waals surface area contributed by atoms with Gasteiger partial charge in [0.25, 0.3) is 5.91 Å². The fourth-order valence-electron chi connectivity index (χ4n) is 11.4. The molecule has 17 heteroatoms. The molecule has 0 saturated carbocycles. The van der Waals surface area contributed by atoms with Crippen molar-refractivity contribution in [2.75, 3.05) is 80.6 Å². The molecule has 74 heavy (non-hydrogen) atoms. The number of hydrogen-bond donors (Lipinski definition) is 3. The van der Waals surface area contributed by atoms with Crippen molar-refractivity contribution in [2.24, 2.45) is 13.0 Å². The van der Waals surface area contributed by atoms with Gasteiger partial charge in [0.05, 0.1) is 34.0 Å². The van der Waals surface area contributed by atoms with Gasteiger partial charge in [0, 0.05) is 81.5 Å². The standard InChI is InChI=1S/C57H62N10O6S/c1-36-40(41-17-19-50(59-53(41)56(71)72)67-27-23-38-9-7-11-42(45(38)35-67)54(69)61-57-58-46-12-3-4-14-49(46)74-57)10-8-13-48(36)73-32-6-5-24-64-25-21-37(22-26-64)34-65-28-30-66(31-29-65)39-15-16-43-47(33-39)63(2)62-52(43)44-18-20-51(68)60-55(44)70/h3-4,7-17,19,33,37,44H,5-6,18,20-32,34-35H2,1-2H3,(H,71,72)(H,58,61,69)(H,60,68,70). The van der Waals surface area contributed by atoms with Crippen molar-refractivity contribution in [1.82, 2.24) is 34.9 Å². The van der Waals surface area contributed by atoms with Gasteiger partial charge >= 0.3 is 5.97 Å². The highest BCUT2D eigenvalue weighted by Gasteiger charge is 2.33. The van der Waals surface area contributed by atoms with E-state index in [9.17, 15) is 24.3 Å². The predicted molar refractivity (Wildman–Crippen MR) is 289 cm³/mol. The lowest BCUT2D eigenvalue weighted by Gasteiger charge is -2.39. The zero-order chi connectivity index (χ0) is 50.9. The van der Waals surface area contributed by atoms with Crippen LogP contribution in [-0.2, 0) is 29.6 Å². The van der Waals surface area contributed by atoms with Crippen LogP contribution < -0.4 is 25.2 Å². The number of carbonyl (C=O) groups is 4. The second kappa shape index (κ2) is 21.3. The Morgan fingerprint density at radius 2 is 1.65 bits per heavy atom. The highest BCUT2D eigenvalue weighted by molar-refractivity contribution is 7.22. The van der Waals surface area contributed by atoms with Gasteiger partial charge in [-0.1, -0.05) is 47.7 Å². The summed E-state index contributed by atoms with van der Waals surface area (Å²) in [6, 6.07) is 29.5. The van der Waals surface area contributed by atoms with Gasteiger partial charge in [-0.15, -0.1) is 0 Å². The summed E-state index contributed by atoms with van der Waals surface area (Å²) < 4.78 is 9.21. The van der Waals surface area contributed by atoms with Gasteiger partial charge in [0.15, 0.2) is 10.8 Å². The molecule has 1 unspecified atom stereocenters. The average molecular weight is 1020 g/mol. The monoisotopic (exact) mass is 1010 g/mol. The number of carboxylic acids is 1. The van der Waals surface area contributed by atoms with Crippen LogP contribution in [0.15, 0.2) is 91.0 Å². The summed E-state index contributed by atoms with van der Waals surface area (Å²) in [5, 5.41) is 22.2. The molecule has 3 fully saturated rings. The molecule has 11 rings (SSSR count). The number of fused-ring (bicyclic) bond motifs is 3. The topological polar surface area (TPSA) is 178 Å². The number of piperidine rings is 2. The smallest absolute Gasteiger partial charge is 0.355 e. The number of rotatable bonds is 15. The molecule has 4 aliphatic rings. The number of amides is 3. The minimum Gasteiger partial charge on any atom is -0.493 e. The number of para-hydroxylation sites is 1. The second-order valence-electron chi connectivity index (χ2n) is 20.2. The van der Waals surface area contributed by atoms with E-state index in [1.807, 2.05) is 96.3 Å². The molecule has 3 N–H and O–H groups in total. The predicted octanol–water partition coefficient (Wildman–Crippen LogP) is 8.28. The van der Waals surface area contributed by atoms with E-state index in [2.05, 4.69) is 48.5 Å². The molecule has 3 saturated heterocycles. The van der Waals surface area contributed by atoms with E-state index in [0.29, 0.717) is 67.0 Å². The van der Waals surface area contributed by atoms with Crippen molar-refractivity contribution >= 4 is 72.8 Å². The fraction of sp³-hybridized carbons (Fsp3) is 0.386. The molecule has 0 radical (unpaired) electrons. The normalized spacial score (nSPS) is 17.9. The van der Waals surface area contributed by atoms with Crippen LogP contribution in [0.5, 0.6) is 5.75 Å². The van der Waals surface area contributed by atoms with E-state index in [1.54, 1.807) is 0 Å². The van der Waals surface area contributed by atoms with Gasteiger partial charge in [0.2, 0.25) is 11.8 Å². The van der Waals surface area contributed by atoms with E-state index >= 15 is 0 Å². The number of aryl methyl sites for hydroxylation is 1. The largest absolute Gasteiger partial charge is 0.493 e. The van der Waals surface area contributed by atoms with Crippen LogP contribution in [0, 0.1) is 12.8 Å². The SMILES string of the molecule is Cc1c(OCCCCN2CCC(CN3CCN(c4ccc5c(C6CCC(=O)NC6=O)nn(C)c5c4)CC3)CC2)cccc1-c1ccc(N2CCc3cccc(C(=O)Nc4nc5ccccc5s4)c3C2)nc1C(=O)O. The van der Waals surface area contributed by atoms with Gasteiger partial charge in [-0.2, -0.15) is 5.10 Å². The number of hydrogen-bond acceptors (Lipinski definition) is 13. The molecule has 382 valence electrons. The molecule has 7 aromatic rings. The molecule has 0 bridgehead atoms. The number of thiazole rings is 1. The van der Waals surface area contributed by atoms with Crippen LogP contribution in [0.1, 0.15) is 87.7 Å². The number of carbonyl (C=O) groups excluding carboxylic acids is 3. The Balaban J connectivity index is 0.631. The molecule has 3 aromatic heterocycles. The average Bonchev–Trinajstić information content (AvgIpc) is 3.98. The number of aromatic nitrogens is 4. The number of nitrogens with one attached hydrogen (secondary N) is 2. The van der Waals surface area contributed by atoms with E-state index in [4.69, 9.17) is 14.8 Å². The Labute approximate surface area is 434 Å². The third-order valence-corrected chi connectivity index (χ3v) is 16.5. The molecule has 0 aliphatic carbocycles. The van der Waals surface area contributed by atoms with Gasteiger partial charge < -0.3 is 24.5 Å². The summed E-state index contributed by atoms with van der Waals surface area (Å²) in [5.74, 6) is -0.221. The van der Waals surface area contributed by atoms with Crippen LogP contribution in [0.2, 0.25) is 0 Å². The third-order valence-electron chi connectivity index (χ3n) is 15.5. The highest BCUT2D eigenvalue weighted by Crippen LogP contribution is 2.36. The summed E-state index contributed by atoms with van der Waals surface area (Å²) in [5.41, 5.74) is 8.47. The Morgan fingerprint density at radius 1 is 0.824 bits per heavy atom. The zero-order valence-corrected chi connectivity index (χ0v) is 42.8. The van der Waals surface area contributed by atoms with Crippen LogP contribution >= 0.6 is 11.3 Å². The first-order chi connectivity index (χ1) is 36.0. The highest BCUT2D eigenvalue weighted by atomic mass is 32.1. The van der Waals surface area contributed by atoms with Crippen molar-refractivity contribution in [3.63, 3.8) is 0 Å². The molecular weight excluding hydrogens is 953 g/mol. The first-order valence-electron chi connectivity index (χ1n) is 26.0. The van der Waals surface area contributed by atoms with E-state index in [0.717, 1.165) is 120 Å². The molecular formula is C57H62N10O6S. The Morgan fingerprint density at radius 3 is 2.46 bits per heavy atom. The minimum atomic E-state index is -1.11. The van der Waals surface area contributed by atoms with Crippen LogP contribution in [0.25, 0.3) is 32.2 Å². The molecule has 1 atom stereocenters. The number of ether oxygens (including phenoxy) is 1. The maximum absolute atomic E-state index is 13.6. The summed E-state index contributed by atoms with van der Waals surface area (Å²) in [7, 11) is 1.92. The van der Waals surface area contributed by atoms with E-state index < -0.39 is 11.9 Å². The van der Waals surface area contributed by atoms with Crippen LogP contribution in [0.4, 0.5) is 16.6 Å². The number of piperazine rings is 1. The number of nitrogens with zero attached hydrogens (tertiary/aromatic N) is 8. The molecule has 7 heterocycles. The second-order valence-corrected chi connectivity index (χ2v) is 21.2. The number of imide groups is 1. The summed E-state index contributed by atoms with van der Waals surface area (Å²) in [4.78, 5) is 69.9. The van der Waals surface area contributed by atoms with Gasteiger partial charge in [0.1, 0.15) is 11.6 Å². The summed E-state index contributed by atoms with van der Waals surface area (Å²) in [6.45, 7) is 12.0. The Hall–Kier alpha value is -7.21. The maximum Gasteiger partial charge on any atom is 0.355 e. The third kappa shape index (κ3) is 10.3. The molecule has 4 aromatic carbocycles. The van der Waals surface area contributed by atoms with Crippen molar-refractivity contribution < 1.29 is 29.0 Å². The number of carboxylic acid groups (broad SMARTS) is 1. The molecule has 16 nitrogen and oxygen atoms in total. The van der Waals surface area contributed by atoms with Gasteiger partial charge in [-0.05, 0) is 148 Å². The van der Waals surface area contributed by atoms with Crippen molar-refractivity contribution in [3.05, 3.63) is 125 Å². The first-order valence-corrected chi connectivity index (χ1v) is 26.8. The number of likely N-dealkylation sites (tertiary alicyclic amines) is 1. The van der Waals surface area contributed by atoms with Gasteiger partial charge in [-0.25, -0.2) is 14.8 Å². The fourth-order valence-corrected chi connectivity index (χ4v) is 12.3. The first kappa shape index (κ1) is 49.0. The number of anilines is 3. The number of benzene rings is 4. The Bertz CT molecular complexity index is 3230. The van der Waals surface area contributed by atoms with Crippen molar-refractivity contribution in [2.45, 2.75) is 64.3 Å². The van der Waals surface area contributed by atoms with Crippen molar-refractivity contribution in [3.8, 4) is 16.9 Å². The van der Waals surface area contributed by atoms with Crippen LogP contribution in [0.3, 0.4) is 0 Å². The maximum atomic E-state index is 13.6. The minimum absolute atomic E-state index is 0.0254. The van der Waals surface area contributed by atoms with E-state index in [-0.39, 0.29) is 23.4 Å². The number of pyridine rings is 1. The van der Waals surface area contributed by atoms with E-state index in [1.165, 1.54) is 29.9 Å². The Kier molecular flexibility index (Phi) is 14.1. The molecule has 3 amide bonds. The number of unbranched alkanes of at least 4 members (excludes halogenated alkanes) is 1. The quantitative estimate of drug-likeness (QED) is 0.0661. The van der Waals surface area contributed by atoms with Crippen LogP contribution in [-0.4, -0.2) is 124 Å². The summed E-state index contributed by atoms with van der Waals surface area (Å²) in [6.07, 6.45) is 5.90. The molecule has 4 aliphatic heterocycles. The van der Waals surface area contributed by atoms with Crippen molar-refractivity contribution in [1.29, 1.82) is 0 Å². The lowest BCUT2D eigenvalue weighted by molar-refractivity contribution is -0.134. The molecule has 0 spiro atoms. The summed E-state index contributed by atoms with van der Waals surface area (Å²) >= 11 is 1.44. The zero-order valence-electron chi connectivity index (χ0n) is 42.0. The lowest BCUT2D eigenvalue weighted by Crippen LogP contribution is -2.49.